The van der Waals surface area contributed by atoms with Crippen molar-refractivity contribution in [2.75, 3.05) is 6.61 Å². The second-order valence-electron chi connectivity index (χ2n) is 4.28. The van der Waals surface area contributed by atoms with Crippen LogP contribution in [0.3, 0.4) is 0 Å². The maximum Gasteiger partial charge on any atom is 0.229 e. The second-order valence-corrected chi connectivity index (χ2v) is 4.28. The molecule has 2 rings (SSSR count). The summed E-state index contributed by atoms with van der Waals surface area (Å²) in [5.74, 6) is -0.0914. The molecule has 0 amide bonds. The molecule has 5 N–H and O–H groups in total. The van der Waals surface area contributed by atoms with Crippen molar-refractivity contribution < 1.29 is 35.0 Å². The predicted molar refractivity (Wildman–Crippen MR) is 62.5 cm³/mol. The van der Waals surface area contributed by atoms with Gasteiger partial charge in [-0.15, -0.1) is 0 Å². The van der Waals surface area contributed by atoms with Crippen LogP contribution in [0, 0.1) is 0 Å². The van der Waals surface area contributed by atoms with Gasteiger partial charge in [-0.1, -0.05) is 12.1 Å². The molecular weight excluding hydrogens is 256 g/mol. The summed E-state index contributed by atoms with van der Waals surface area (Å²) in [5, 5.41) is 47.5. The summed E-state index contributed by atoms with van der Waals surface area (Å²) in [5.41, 5.74) is 0. The summed E-state index contributed by atoms with van der Waals surface area (Å²) in [7, 11) is 0. The van der Waals surface area contributed by atoms with Gasteiger partial charge in [0.1, 0.15) is 24.4 Å². The van der Waals surface area contributed by atoms with Gasteiger partial charge in [0.25, 0.3) is 0 Å². The molecule has 7 nitrogen and oxygen atoms in total. The Morgan fingerprint density at radius 3 is 2.37 bits per heavy atom. The maximum absolute atomic E-state index is 9.75. The normalized spacial score (nSPS) is 35.1. The Hall–Kier alpha value is -1.38. The van der Waals surface area contributed by atoms with Crippen LogP contribution in [-0.2, 0) is 4.74 Å². The molecule has 7 heteroatoms. The lowest BCUT2D eigenvalue weighted by Gasteiger charge is -2.39. The fourth-order valence-electron chi connectivity index (χ4n) is 1.85. The third kappa shape index (κ3) is 2.80. The lowest BCUT2D eigenvalue weighted by Crippen LogP contribution is -2.60. The Labute approximate surface area is 109 Å². The molecule has 0 unspecified atom stereocenters. The summed E-state index contributed by atoms with van der Waals surface area (Å²) in [6.07, 6.45) is -6.80. The van der Waals surface area contributed by atoms with Gasteiger partial charge in [-0.25, -0.2) is 0 Å². The first kappa shape index (κ1) is 14.0. The number of phenols is 1. The first-order valence-electron chi connectivity index (χ1n) is 5.79. The smallest absolute Gasteiger partial charge is 0.229 e. The molecule has 1 fully saturated rings. The monoisotopic (exact) mass is 272 g/mol. The van der Waals surface area contributed by atoms with E-state index in [1.807, 2.05) is 0 Å². The minimum Gasteiger partial charge on any atom is -0.504 e. The highest BCUT2D eigenvalue weighted by Gasteiger charge is 2.44. The SMILES string of the molecule is OC[C@H]1O[C@H](Oc2ccccc2O)[C@H](O)[C@H](O)[C@H]1O. The van der Waals surface area contributed by atoms with Gasteiger partial charge in [-0.2, -0.15) is 0 Å². The van der Waals surface area contributed by atoms with E-state index in [1.54, 1.807) is 12.1 Å². The molecule has 0 saturated carbocycles. The van der Waals surface area contributed by atoms with Crippen molar-refractivity contribution >= 4 is 0 Å². The molecule has 1 aliphatic heterocycles. The van der Waals surface area contributed by atoms with Gasteiger partial charge < -0.3 is 35.0 Å². The van der Waals surface area contributed by atoms with Crippen LogP contribution in [-0.4, -0.2) is 62.8 Å². The molecule has 1 aromatic rings. The second kappa shape index (κ2) is 5.72. The van der Waals surface area contributed by atoms with Crippen LogP contribution >= 0.6 is 0 Å². The van der Waals surface area contributed by atoms with Gasteiger partial charge in [-0.3, -0.25) is 0 Å². The molecule has 106 valence electrons. The first-order chi connectivity index (χ1) is 9.04. The van der Waals surface area contributed by atoms with E-state index in [1.165, 1.54) is 12.1 Å². The highest BCUT2D eigenvalue weighted by Crippen LogP contribution is 2.29. The number of para-hydroxylation sites is 2. The fourth-order valence-corrected chi connectivity index (χ4v) is 1.85. The van der Waals surface area contributed by atoms with Gasteiger partial charge in [0, 0.05) is 0 Å². The Morgan fingerprint density at radius 1 is 1.05 bits per heavy atom. The number of aliphatic hydroxyl groups excluding tert-OH is 4. The van der Waals surface area contributed by atoms with E-state index < -0.39 is 37.3 Å². The molecular formula is C12H16O7. The molecule has 0 bridgehead atoms. The van der Waals surface area contributed by atoms with Gasteiger partial charge >= 0.3 is 0 Å². The molecule has 0 aliphatic carbocycles. The number of phenolic OH excluding ortho intramolecular Hbond substituents is 1. The molecule has 1 saturated heterocycles. The van der Waals surface area contributed by atoms with Crippen molar-refractivity contribution in [1.82, 2.24) is 0 Å². The Balaban J connectivity index is 2.13. The molecule has 19 heavy (non-hydrogen) atoms. The Bertz CT molecular complexity index is 422. The van der Waals surface area contributed by atoms with Crippen LogP contribution < -0.4 is 4.74 Å². The standard InChI is InChI=1S/C12H16O7/c13-5-8-9(15)10(16)11(17)12(19-8)18-7-4-2-1-3-6(7)14/h1-4,8-17H,5H2/t8-,9+,10-,11-,12+/m1/s1. The third-order valence-electron chi connectivity index (χ3n) is 2.96. The van der Waals surface area contributed by atoms with Crippen molar-refractivity contribution in [3.8, 4) is 11.5 Å². The summed E-state index contributed by atoms with van der Waals surface area (Å²) in [4.78, 5) is 0. The predicted octanol–water partition coefficient (Wildman–Crippen LogP) is -1.43. The van der Waals surface area contributed by atoms with E-state index in [0.717, 1.165) is 0 Å². The van der Waals surface area contributed by atoms with Crippen molar-refractivity contribution in [3.63, 3.8) is 0 Å². The fraction of sp³-hybridized carbons (Fsp3) is 0.500. The zero-order valence-corrected chi connectivity index (χ0v) is 9.96. The number of ether oxygens (including phenoxy) is 2. The van der Waals surface area contributed by atoms with E-state index in [-0.39, 0.29) is 11.5 Å². The minimum atomic E-state index is -1.51. The van der Waals surface area contributed by atoms with Crippen molar-refractivity contribution in [2.24, 2.45) is 0 Å². The third-order valence-corrected chi connectivity index (χ3v) is 2.96. The number of benzene rings is 1. The zero-order valence-electron chi connectivity index (χ0n) is 9.96. The molecule has 5 atom stereocenters. The maximum atomic E-state index is 9.75. The van der Waals surface area contributed by atoms with E-state index in [4.69, 9.17) is 14.6 Å². The van der Waals surface area contributed by atoms with Crippen LogP contribution in [0.1, 0.15) is 0 Å². The zero-order chi connectivity index (χ0) is 14.0. The van der Waals surface area contributed by atoms with E-state index in [9.17, 15) is 20.4 Å². The van der Waals surface area contributed by atoms with Crippen molar-refractivity contribution in [1.29, 1.82) is 0 Å². The number of hydrogen-bond acceptors (Lipinski definition) is 7. The van der Waals surface area contributed by atoms with Crippen LogP contribution in [0.2, 0.25) is 0 Å². The average Bonchev–Trinajstić information content (AvgIpc) is 2.41. The van der Waals surface area contributed by atoms with Gasteiger partial charge in [-0.05, 0) is 12.1 Å². The molecule has 0 spiro atoms. The van der Waals surface area contributed by atoms with E-state index in [0.29, 0.717) is 0 Å². The Kier molecular flexibility index (Phi) is 4.23. The number of hydrogen-bond donors (Lipinski definition) is 5. The topological polar surface area (TPSA) is 120 Å². The van der Waals surface area contributed by atoms with E-state index >= 15 is 0 Å². The van der Waals surface area contributed by atoms with Gasteiger partial charge in [0.2, 0.25) is 6.29 Å². The van der Waals surface area contributed by atoms with Crippen molar-refractivity contribution in [3.05, 3.63) is 24.3 Å². The quantitative estimate of drug-likeness (QED) is 0.457. The molecule has 0 radical (unpaired) electrons. The molecule has 1 aromatic carbocycles. The summed E-state index contributed by atoms with van der Waals surface area (Å²) >= 11 is 0. The minimum absolute atomic E-state index is 0.0619. The summed E-state index contributed by atoms with van der Waals surface area (Å²) in [6, 6.07) is 6.05. The molecule has 1 heterocycles. The number of rotatable bonds is 3. The molecule has 0 aromatic heterocycles. The highest BCUT2D eigenvalue weighted by molar-refractivity contribution is 5.38. The number of aromatic hydroxyl groups is 1. The van der Waals surface area contributed by atoms with Crippen molar-refractivity contribution in [2.45, 2.75) is 30.7 Å². The van der Waals surface area contributed by atoms with Gasteiger partial charge in [0.15, 0.2) is 11.5 Å². The highest BCUT2D eigenvalue weighted by atomic mass is 16.7. The average molecular weight is 272 g/mol. The first-order valence-corrected chi connectivity index (χ1v) is 5.79. The molecule has 1 aliphatic rings. The van der Waals surface area contributed by atoms with Crippen LogP contribution in [0.5, 0.6) is 11.5 Å². The summed E-state index contributed by atoms with van der Waals surface area (Å²) < 4.78 is 10.4. The van der Waals surface area contributed by atoms with Crippen LogP contribution in [0.15, 0.2) is 24.3 Å². The lowest BCUT2D eigenvalue weighted by molar-refractivity contribution is -0.277. The van der Waals surface area contributed by atoms with E-state index in [2.05, 4.69) is 0 Å². The number of aliphatic hydroxyl groups is 4. The summed E-state index contributed by atoms with van der Waals surface area (Å²) in [6.45, 7) is -0.536. The largest absolute Gasteiger partial charge is 0.504 e. The van der Waals surface area contributed by atoms with Crippen LogP contribution in [0.25, 0.3) is 0 Å². The van der Waals surface area contributed by atoms with Crippen LogP contribution in [0.4, 0.5) is 0 Å². The Morgan fingerprint density at radius 2 is 1.74 bits per heavy atom. The van der Waals surface area contributed by atoms with Gasteiger partial charge in [0.05, 0.1) is 6.61 Å². The lowest BCUT2D eigenvalue weighted by atomic mass is 9.99.